The van der Waals surface area contributed by atoms with Crippen molar-refractivity contribution in [1.82, 2.24) is 10.2 Å². The van der Waals surface area contributed by atoms with Crippen LogP contribution in [0.2, 0.25) is 0 Å². The van der Waals surface area contributed by atoms with Gasteiger partial charge in [-0.25, -0.2) is 9.18 Å². The highest BCUT2D eigenvalue weighted by Gasteiger charge is 2.21. The van der Waals surface area contributed by atoms with Crippen LogP contribution in [-0.4, -0.2) is 16.2 Å². The maximum absolute atomic E-state index is 12.9. The number of aromatic nitrogens is 2. The first-order valence-corrected chi connectivity index (χ1v) is 6.89. The van der Waals surface area contributed by atoms with Crippen molar-refractivity contribution in [2.45, 2.75) is 20.0 Å². The van der Waals surface area contributed by atoms with Crippen LogP contribution in [0, 0.1) is 12.7 Å². The molecule has 1 aromatic carbocycles. The van der Waals surface area contributed by atoms with E-state index in [9.17, 15) is 9.18 Å². The van der Waals surface area contributed by atoms with Gasteiger partial charge in [-0.1, -0.05) is 0 Å². The molecule has 7 heteroatoms. The Bertz CT molecular complexity index is 823. The van der Waals surface area contributed by atoms with Crippen molar-refractivity contribution < 1.29 is 22.8 Å². The van der Waals surface area contributed by atoms with Gasteiger partial charge in [-0.15, -0.1) is 10.2 Å². The molecule has 3 aromatic rings. The Morgan fingerprint density at radius 1 is 1.22 bits per heavy atom. The smallest absolute Gasteiger partial charge is 0.342 e. The Hall–Kier alpha value is -2.96. The zero-order valence-corrected chi connectivity index (χ0v) is 12.4. The molecule has 0 aliphatic rings. The summed E-state index contributed by atoms with van der Waals surface area (Å²) in [6.07, 6.45) is 0.689. The van der Waals surface area contributed by atoms with E-state index in [-0.39, 0.29) is 17.6 Å². The van der Waals surface area contributed by atoms with Crippen molar-refractivity contribution >= 4 is 5.97 Å². The van der Waals surface area contributed by atoms with Crippen LogP contribution in [-0.2, 0) is 4.74 Å². The summed E-state index contributed by atoms with van der Waals surface area (Å²) in [7, 11) is 0. The fraction of sp³-hybridized carbons (Fsp3) is 0.188. The van der Waals surface area contributed by atoms with Crippen LogP contribution in [0.3, 0.4) is 0 Å². The van der Waals surface area contributed by atoms with Gasteiger partial charge in [0.2, 0.25) is 5.89 Å². The van der Waals surface area contributed by atoms with E-state index in [4.69, 9.17) is 13.6 Å². The van der Waals surface area contributed by atoms with Crippen molar-refractivity contribution in [1.29, 1.82) is 0 Å². The number of nitrogens with zero attached hydrogens (tertiary/aromatic N) is 2. The highest BCUT2D eigenvalue weighted by Crippen LogP contribution is 2.23. The number of esters is 1. The molecule has 2 aromatic heterocycles. The molecule has 3 rings (SSSR count). The van der Waals surface area contributed by atoms with E-state index in [1.54, 1.807) is 13.8 Å². The number of benzene rings is 1. The summed E-state index contributed by atoms with van der Waals surface area (Å²) < 4.78 is 28.7. The number of carbonyl (C=O) groups excluding carboxylic acids is 1. The van der Waals surface area contributed by atoms with Gasteiger partial charge in [0.15, 0.2) is 6.10 Å². The molecule has 0 amide bonds. The van der Waals surface area contributed by atoms with Gasteiger partial charge in [-0.2, -0.15) is 0 Å². The normalized spacial score (nSPS) is 12.1. The molecule has 0 unspecified atom stereocenters. The molecule has 2 heterocycles. The van der Waals surface area contributed by atoms with Crippen molar-refractivity contribution in [3.05, 3.63) is 59.6 Å². The minimum atomic E-state index is -0.724. The van der Waals surface area contributed by atoms with Crippen molar-refractivity contribution in [2.24, 2.45) is 0 Å². The standard InChI is InChI=1S/C16H13FN2O4/c1-9-13(7-8-21-9)16(20)22-10(2)14-18-19-15(23-14)11-3-5-12(17)6-4-11/h3-8,10H,1-2H3/t10-/m1/s1. The third-order valence-corrected chi connectivity index (χ3v) is 3.24. The van der Waals surface area contributed by atoms with E-state index in [2.05, 4.69) is 10.2 Å². The second-order valence-electron chi connectivity index (χ2n) is 4.89. The molecule has 0 spiro atoms. The van der Waals surface area contributed by atoms with E-state index in [1.807, 2.05) is 0 Å². The SMILES string of the molecule is Cc1occc1C(=O)O[C@H](C)c1nnc(-c2ccc(F)cc2)o1. The summed E-state index contributed by atoms with van der Waals surface area (Å²) in [6, 6.07) is 7.17. The zero-order valence-electron chi connectivity index (χ0n) is 12.4. The van der Waals surface area contributed by atoms with Crippen LogP contribution >= 0.6 is 0 Å². The van der Waals surface area contributed by atoms with Gasteiger partial charge >= 0.3 is 5.97 Å². The molecule has 1 atom stereocenters. The average molecular weight is 316 g/mol. The Balaban J connectivity index is 1.73. The maximum atomic E-state index is 12.9. The molecule has 0 saturated heterocycles. The van der Waals surface area contributed by atoms with Crippen LogP contribution < -0.4 is 0 Å². The van der Waals surface area contributed by atoms with Crippen molar-refractivity contribution in [3.63, 3.8) is 0 Å². The van der Waals surface area contributed by atoms with Crippen LogP contribution in [0.25, 0.3) is 11.5 Å². The fourth-order valence-electron chi connectivity index (χ4n) is 1.98. The monoisotopic (exact) mass is 316 g/mol. The van der Waals surface area contributed by atoms with Crippen LogP contribution in [0.15, 0.2) is 45.4 Å². The first-order chi connectivity index (χ1) is 11.0. The third kappa shape index (κ3) is 3.13. The molecule has 6 nitrogen and oxygen atoms in total. The van der Waals surface area contributed by atoms with Gasteiger partial charge in [-0.05, 0) is 44.2 Å². The third-order valence-electron chi connectivity index (χ3n) is 3.24. The number of hydrogen-bond acceptors (Lipinski definition) is 6. The van der Waals surface area contributed by atoms with E-state index in [1.165, 1.54) is 36.6 Å². The number of aryl methyl sites for hydroxylation is 1. The van der Waals surface area contributed by atoms with Gasteiger partial charge in [0.05, 0.1) is 6.26 Å². The molecule has 0 aliphatic carbocycles. The highest BCUT2D eigenvalue weighted by atomic mass is 19.1. The molecule has 0 N–H and O–H groups in total. The predicted octanol–water partition coefficient (Wildman–Crippen LogP) is 3.70. The lowest BCUT2D eigenvalue weighted by Gasteiger charge is -2.08. The molecular formula is C16H13FN2O4. The van der Waals surface area contributed by atoms with Gasteiger partial charge < -0.3 is 13.6 Å². The van der Waals surface area contributed by atoms with Gasteiger partial charge in [-0.3, -0.25) is 0 Å². The Labute approximate surface area is 130 Å². The van der Waals surface area contributed by atoms with E-state index in [0.717, 1.165) is 0 Å². The highest BCUT2D eigenvalue weighted by molar-refractivity contribution is 5.90. The lowest BCUT2D eigenvalue weighted by Crippen LogP contribution is -2.09. The number of rotatable bonds is 4. The molecule has 118 valence electrons. The second-order valence-corrected chi connectivity index (χ2v) is 4.89. The topological polar surface area (TPSA) is 78.4 Å². The second kappa shape index (κ2) is 6.04. The Morgan fingerprint density at radius 3 is 2.61 bits per heavy atom. The Morgan fingerprint density at radius 2 is 1.96 bits per heavy atom. The summed E-state index contributed by atoms with van der Waals surface area (Å²) in [5.74, 6) is -0.0440. The zero-order chi connectivity index (χ0) is 16.4. The first kappa shape index (κ1) is 15.0. The van der Waals surface area contributed by atoms with Gasteiger partial charge in [0, 0.05) is 5.56 Å². The number of furan rings is 1. The van der Waals surface area contributed by atoms with E-state index in [0.29, 0.717) is 16.9 Å². The molecule has 0 saturated carbocycles. The molecule has 0 bridgehead atoms. The summed E-state index contributed by atoms with van der Waals surface area (Å²) in [5, 5.41) is 7.74. The number of ether oxygens (including phenoxy) is 1. The number of halogens is 1. The van der Waals surface area contributed by atoms with Crippen LogP contribution in [0.4, 0.5) is 4.39 Å². The maximum Gasteiger partial charge on any atom is 0.342 e. The fourth-order valence-corrected chi connectivity index (χ4v) is 1.98. The summed E-state index contributed by atoms with van der Waals surface area (Å²) >= 11 is 0. The number of hydrogen-bond donors (Lipinski definition) is 0. The average Bonchev–Trinajstić information content (AvgIpc) is 3.17. The lowest BCUT2D eigenvalue weighted by atomic mass is 10.2. The van der Waals surface area contributed by atoms with Gasteiger partial charge in [0.25, 0.3) is 5.89 Å². The summed E-state index contributed by atoms with van der Waals surface area (Å²) in [5.41, 5.74) is 0.921. The molecule has 23 heavy (non-hydrogen) atoms. The molecule has 0 aliphatic heterocycles. The van der Waals surface area contributed by atoms with Crippen LogP contribution in [0.1, 0.15) is 35.0 Å². The van der Waals surface area contributed by atoms with E-state index >= 15 is 0 Å². The molecule has 0 fully saturated rings. The molecule has 0 radical (unpaired) electrons. The first-order valence-electron chi connectivity index (χ1n) is 6.89. The van der Waals surface area contributed by atoms with Crippen molar-refractivity contribution in [3.8, 4) is 11.5 Å². The predicted molar refractivity (Wildman–Crippen MR) is 77.0 cm³/mol. The quantitative estimate of drug-likeness (QED) is 0.683. The van der Waals surface area contributed by atoms with Crippen LogP contribution in [0.5, 0.6) is 0 Å². The van der Waals surface area contributed by atoms with E-state index < -0.39 is 12.1 Å². The minimum absolute atomic E-state index is 0.152. The largest absolute Gasteiger partial charge is 0.469 e. The Kier molecular flexibility index (Phi) is 3.92. The van der Waals surface area contributed by atoms with Gasteiger partial charge in [0.1, 0.15) is 17.1 Å². The lowest BCUT2D eigenvalue weighted by molar-refractivity contribution is 0.0278. The summed E-state index contributed by atoms with van der Waals surface area (Å²) in [4.78, 5) is 12.0. The van der Waals surface area contributed by atoms with Crippen molar-refractivity contribution in [2.75, 3.05) is 0 Å². The minimum Gasteiger partial charge on any atom is -0.469 e. The number of carbonyl (C=O) groups is 1. The molecular weight excluding hydrogens is 303 g/mol. The summed E-state index contributed by atoms with van der Waals surface area (Å²) in [6.45, 7) is 3.29.